The fourth-order valence-electron chi connectivity index (χ4n) is 3.66. The van der Waals surface area contributed by atoms with Gasteiger partial charge in [-0.3, -0.25) is 14.7 Å². The van der Waals surface area contributed by atoms with E-state index in [0.29, 0.717) is 12.3 Å². The van der Waals surface area contributed by atoms with Crippen LogP contribution in [0.1, 0.15) is 66.7 Å². The Morgan fingerprint density at radius 3 is 2.70 bits per heavy atom. The summed E-state index contributed by atoms with van der Waals surface area (Å²) in [6, 6.07) is 5.98. The van der Waals surface area contributed by atoms with Crippen LogP contribution in [0.3, 0.4) is 0 Å². The Hall–Kier alpha value is -2.14. The van der Waals surface area contributed by atoms with E-state index in [1.807, 2.05) is 43.9 Å². The fraction of sp³-hybridized carbons (Fsp3) is 0.545. The molecule has 5 nitrogen and oxygen atoms in total. The summed E-state index contributed by atoms with van der Waals surface area (Å²) in [5.41, 5.74) is 3.18. The van der Waals surface area contributed by atoms with Crippen molar-refractivity contribution < 1.29 is 9.21 Å². The standard InChI is InChI=1S/C22H31N3O2/c1-5-20-18(14-24-11-6-7-12-24)13-21(27-20)22(26)25(16(2)3)15-19-17(4)9-8-10-23-19/h8-10,13,16H,5-7,11-12,14-15H2,1-4H3. The lowest BCUT2D eigenvalue weighted by Crippen LogP contribution is -2.36. The summed E-state index contributed by atoms with van der Waals surface area (Å²) in [6.45, 7) is 11.8. The van der Waals surface area contributed by atoms with Gasteiger partial charge in [0.2, 0.25) is 0 Å². The van der Waals surface area contributed by atoms with Gasteiger partial charge in [0.25, 0.3) is 5.91 Å². The summed E-state index contributed by atoms with van der Waals surface area (Å²) in [4.78, 5) is 21.9. The van der Waals surface area contributed by atoms with E-state index in [1.54, 1.807) is 6.20 Å². The molecule has 5 heteroatoms. The van der Waals surface area contributed by atoms with Crippen LogP contribution < -0.4 is 0 Å². The number of rotatable bonds is 7. The van der Waals surface area contributed by atoms with Crippen LogP contribution in [0.15, 0.2) is 28.8 Å². The molecule has 0 unspecified atom stereocenters. The third kappa shape index (κ3) is 4.59. The first-order valence-electron chi connectivity index (χ1n) is 10.0. The van der Waals surface area contributed by atoms with Gasteiger partial charge in [0, 0.05) is 30.8 Å². The van der Waals surface area contributed by atoms with Crippen LogP contribution in [-0.4, -0.2) is 39.8 Å². The first-order chi connectivity index (χ1) is 13.0. The van der Waals surface area contributed by atoms with Crippen molar-refractivity contribution in [2.45, 2.75) is 66.1 Å². The number of hydrogen-bond donors (Lipinski definition) is 0. The molecule has 0 aliphatic carbocycles. The molecule has 0 aromatic carbocycles. The maximum absolute atomic E-state index is 13.2. The molecule has 0 spiro atoms. The maximum atomic E-state index is 13.2. The highest BCUT2D eigenvalue weighted by Gasteiger charge is 2.25. The van der Waals surface area contributed by atoms with Crippen molar-refractivity contribution in [3.05, 3.63) is 52.7 Å². The highest BCUT2D eigenvalue weighted by molar-refractivity contribution is 5.92. The van der Waals surface area contributed by atoms with E-state index in [0.717, 1.165) is 48.6 Å². The zero-order valence-corrected chi connectivity index (χ0v) is 17.0. The monoisotopic (exact) mass is 369 g/mol. The number of amides is 1. The number of nitrogens with zero attached hydrogens (tertiary/aromatic N) is 3. The summed E-state index contributed by atoms with van der Waals surface area (Å²) < 4.78 is 6.00. The van der Waals surface area contributed by atoms with Crippen LogP contribution in [-0.2, 0) is 19.5 Å². The molecule has 1 fully saturated rings. The summed E-state index contributed by atoms with van der Waals surface area (Å²) in [6.07, 6.45) is 5.10. The number of pyridine rings is 1. The molecule has 3 rings (SSSR count). The number of aryl methyl sites for hydroxylation is 2. The molecule has 1 amide bonds. The van der Waals surface area contributed by atoms with Gasteiger partial charge in [-0.15, -0.1) is 0 Å². The van der Waals surface area contributed by atoms with Gasteiger partial charge in [-0.25, -0.2) is 0 Å². The topological polar surface area (TPSA) is 49.6 Å². The van der Waals surface area contributed by atoms with E-state index in [1.165, 1.54) is 12.8 Å². The Labute approximate surface area is 162 Å². The molecule has 2 aromatic rings. The van der Waals surface area contributed by atoms with Crippen LogP contribution in [0, 0.1) is 6.92 Å². The van der Waals surface area contributed by atoms with Gasteiger partial charge in [-0.05, 0) is 64.4 Å². The normalized spacial score (nSPS) is 14.9. The summed E-state index contributed by atoms with van der Waals surface area (Å²) in [5, 5.41) is 0. The molecular formula is C22H31N3O2. The Bertz CT molecular complexity index is 776. The second-order valence-corrected chi connectivity index (χ2v) is 7.69. The van der Waals surface area contributed by atoms with Crippen molar-refractivity contribution in [2.24, 2.45) is 0 Å². The van der Waals surface area contributed by atoms with E-state index in [9.17, 15) is 4.79 Å². The van der Waals surface area contributed by atoms with Gasteiger partial charge in [0.05, 0.1) is 12.2 Å². The zero-order valence-electron chi connectivity index (χ0n) is 17.0. The van der Waals surface area contributed by atoms with E-state index in [2.05, 4.69) is 16.8 Å². The van der Waals surface area contributed by atoms with Gasteiger partial charge in [-0.1, -0.05) is 13.0 Å². The molecule has 0 radical (unpaired) electrons. The largest absolute Gasteiger partial charge is 0.456 e. The van der Waals surface area contributed by atoms with Crippen LogP contribution >= 0.6 is 0 Å². The van der Waals surface area contributed by atoms with Crippen molar-refractivity contribution >= 4 is 5.91 Å². The highest BCUT2D eigenvalue weighted by Crippen LogP contribution is 2.23. The number of carbonyl (C=O) groups excluding carboxylic acids is 1. The molecule has 1 aliphatic heterocycles. The number of furan rings is 1. The van der Waals surface area contributed by atoms with Gasteiger partial charge in [0.1, 0.15) is 5.76 Å². The Balaban J connectivity index is 1.81. The molecule has 1 aliphatic rings. The van der Waals surface area contributed by atoms with E-state index in [-0.39, 0.29) is 11.9 Å². The quantitative estimate of drug-likeness (QED) is 0.734. The van der Waals surface area contributed by atoms with Crippen LogP contribution in [0.25, 0.3) is 0 Å². The Kier molecular flexibility index (Phi) is 6.32. The molecule has 146 valence electrons. The second kappa shape index (κ2) is 8.70. The minimum atomic E-state index is -0.0579. The van der Waals surface area contributed by atoms with Gasteiger partial charge in [-0.2, -0.15) is 0 Å². The number of carbonyl (C=O) groups is 1. The lowest BCUT2D eigenvalue weighted by Gasteiger charge is -2.26. The smallest absolute Gasteiger partial charge is 0.290 e. The zero-order chi connectivity index (χ0) is 19.4. The van der Waals surface area contributed by atoms with Gasteiger partial charge < -0.3 is 9.32 Å². The van der Waals surface area contributed by atoms with Crippen LogP contribution in [0.5, 0.6) is 0 Å². The van der Waals surface area contributed by atoms with Crippen molar-refractivity contribution in [2.75, 3.05) is 13.1 Å². The molecule has 27 heavy (non-hydrogen) atoms. The van der Waals surface area contributed by atoms with Crippen molar-refractivity contribution in [3.8, 4) is 0 Å². The molecule has 0 N–H and O–H groups in total. The Morgan fingerprint density at radius 1 is 1.33 bits per heavy atom. The second-order valence-electron chi connectivity index (χ2n) is 7.69. The van der Waals surface area contributed by atoms with Crippen LogP contribution in [0.4, 0.5) is 0 Å². The number of likely N-dealkylation sites (tertiary alicyclic amines) is 1. The average Bonchev–Trinajstić information content (AvgIpc) is 3.30. The minimum absolute atomic E-state index is 0.0579. The minimum Gasteiger partial charge on any atom is -0.456 e. The average molecular weight is 370 g/mol. The van der Waals surface area contributed by atoms with Gasteiger partial charge in [0.15, 0.2) is 5.76 Å². The third-order valence-electron chi connectivity index (χ3n) is 5.34. The summed E-state index contributed by atoms with van der Waals surface area (Å²) >= 11 is 0. The maximum Gasteiger partial charge on any atom is 0.290 e. The molecule has 3 heterocycles. The summed E-state index contributed by atoms with van der Waals surface area (Å²) in [5.74, 6) is 1.32. The van der Waals surface area contributed by atoms with Crippen molar-refractivity contribution in [1.29, 1.82) is 0 Å². The van der Waals surface area contributed by atoms with Crippen molar-refractivity contribution in [3.63, 3.8) is 0 Å². The molecule has 0 bridgehead atoms. The molecule has 0 saturated carbocycles. The third-order valence-corrected chi connectivity index (χ3v) is 5.34. The fourth-order valence-corrected chi connectivity index (χ4v) is 3.66. The van der Waals surface area contributed by atoms with E-state index < -0.39 is 0 Å². The lowest BCUT2D eigenvalue weighted by atomic mass is 10.1. The Morgan fingerprint density at radius 2 is 2.07 bits per heavy atom. The number of hydrogen-bond acceptors (Lipinski definition) is 4. The molecule has 0 atom stereocenters. The first-order valence-corrected chi connectivity index (χ1v) is 10.0. The lowest BCUT2D eigenvalue weighted by molar-refractivity contribution is 0.0653. The predicted molar refractivity (Wildman–Crippen MR) is 107 cm³/mol. The summed E-state index contributed by atoms with van der Waals surface area (Å²) in [7, 11) is 0. The van der Waals surface area contributed by atoms with E-state index in [4.69, 9.17) is 4.42 Å². The van der Waals surface area contributed by atoms with Crippen LogP contribution in [0.2, 0.25) is 0 Å². The molecular weight excluding hydrogens is 338 g/mol. The first kappa shape index (κ1) is 19.6. The predicted octanol–water partition coefficient (Wildman–Crippen LogP) is 4.19. The van der Waals surface area contributed by atoms with Crippen molar-refractivity contribution in [1.82, 2.24) is 14.8 Å². The van der Waals surface area contributed by atoms with Gasteiger partial charge >= 0.3 is 0 Å². The van der Waals surface area contributed by atoms with E-state index >= 15 is 0 Å². The number of aromatic nitrogens is 1. The highest BCUT2D eigenvalue weighted by atomic mass is 16.4. The molecule has 2 aromatic heterocycles. The SMILES string of the molecule is CCc1oc(C(=O)N(Cc2ncccc2C)C(C)C)cc1CN1CCCC1. The molecule has 1 saturated heterocycles.